The Morgan fingerprint density at radius 1 is 0.681 bits per heavy atom. The molecule has 3 aromatic carbocycles. The van der Waals surface area contributed by atoms with Gasteiger partial charge in [-0.05, 0) is 74.4 Å². The van der Waals surface area contributed by atoms with Gasteiger partial charge in [0.25, 0.3) is 33.7 Å². The number of aryl methyl sites for hydroxylation is 1. The number of nitrogens with zero attached hydrogens (tertiary/aromatic N) is 7. The number of carbonyl (C=O) groups excluding carboxylic acids is 4. The second-order valence-corrected chi connectivity index (χ2v) is 27.7. The van der Waals surface area contributed by atoms with Crippen molar-refractivity contribution in [1.82, 2.24) is 29.4 Å². The van der Waals surface area contributed by atoms with Crippen molar-refractivity contribution in [3.8, 4) is 0 Å². The molecule has 0 unspecified atom stereocenters. The van der Waals surface area contributed by atoms with Crippen LogP contribution in [0.4, 0.5) is 5.69 Å². The van der Waals surface area contributed by atoms with Crippen molar-refractivity contribution < 1.29 is 41.8 Å². The number of sulfonamides is 1. The fourth-order valence-electron chi connectivity index (χ4n) is 13.3. The van der Waals surface area contributed by atoms with E-state index in [4.69, 9.17) is 14.2 Å². The molecule has 8 saturated heterocycles. The van der Waals surface area contributed by atoms with Gasteiger partial charge in [0.2, 0.25) is 0 Å². The zero-order valence-electron chi connectivity index (χ0n) is 40.6. The molecule has 1 aliphatic carbocycles. The standard InChI is InChI=1S/C51H57N7O9S5/c1-5-23-65-24-25-66-26-27-67-31-34-29-52-54(30-34)21-13-14-22-55-45(62)51-33-49(48-32-50-44(61)53(4)46(2,68-70-50)42(59)56(50)40(48)28-35-15-9-10-18-37(35)48)38-19-11-12-20-39(38)58(72(63,64)36-16-7-6-8-17-36)41(49)57(51)43(60)47(55,3)69-71-51/h6-12,15-20,29-30,40-41H,5,13-14,21-28,31-33H2,1-4H3/t40-,41-,46-,47-,48-,49-,50-,51-/m0/s1. The molecule has 4 aromatic rings. The van der Waals surface area contributed by atoms with Gasteiger partial charge >= 0.3 is 0 Å². The molecule has 0 radical (unpaired) electrons. The molecule has 2 spiro atoms. The van der Waals surface area contributed by atoms with Gasteiger partial charge in [-0.15, -0.1) is 0 Å². The smallest absolute Gasteiger partial charge is 0.266 e. The summed E-state index contributed by atoms with van der Waals surface area (Å²) in [5, 5.41) is 4.56. The molecule has 8 fully saturated rings. The van der Waals surface area contributed by atoms with Crippen LogP contribution >= 0.6 is 43.2 Å². The van der Waals surface area contributed by atoms with Crippen molar-refractivity contribution in [3.63, 3.8) is 0 Å². The summed E-state index contributed by atoms with van der Waals surface area (Å²) in [6.07, 6.45) is 5.35. The molecule has 14 rings (SSSR count). The Labute approximate surface area is 435 Å². The molecule has 10 heterocycles. The Morgan fingerprint density at radius 3 is 2.07 bits per heavy atom. The van der Waals surface area contributed by atoms with E-state index in [1.165, 1.54) is 47.5 Å². The van der Waals surface area contributed by atoms with Crippen LogP contribution < -0.4 is 4.31 Å². The van der Waals surface area contributed by atoms with Crippen molar-refractivity contribution in [1.29, 1.82) is 0 Å². The minimum Gasteiger partial charge on any atom is -0.379 e. The third-order valence-corrected chi connectivity index (χ3v) is 25.7. The molecule has 9 aliphatic heterocycles. The number of anilines is 1. The van der Waals surface area contributed by atoms with E-state index in [0.29, 0.717) is 76.6 Å². The molecule has 10 aliphatic rings. The Bertz CT molecular complexity index is 3010. The average molecular weight is 1070 g/mol. The van der Waals surface area contributed by atoms with Crippen LogP contribution in [0.3, 0.4) is 0 Å². The number of benzene rings is 3. The number of likely N-dealkylation sites (N-methyl/N-ethyl adjacent to an activating group) is 1. The zero-order chi connectivity index (χ0) is 50.1. The molecule has 4 amide bonds. The first-order valence-corrected chi connectivity index (χ1v) is 30.4. The highest BCUT2D eigenvalue weighted by atomic mass is 33.1. The fraction of sp³-hybridized carbons (Fsp3) is 0.510. The van der Waals surface area contributed by atoms with Crippen LogP contribution in [0, 0.1) is 0 Å². The molecule has 8 atom stereocenters. The quantitative estimate of drug-likeness (QED) is 0.0800. The lowest BCUT2D eigenvalue weighted by Crippen LogP contribution is -2.77. The molecule has 1 aromatic heterocycles. The molecule has 4 bridgehead atoms. The number of piperazine rings is 2. The third-order valence-electron chi connectivity index (χ3n) is 16.6. The minimum absolute atomic E-state index is 0.0482. The number of carbonyl (C=O) groups is 4. The Morgan fingerprint density at radius 2 is 1.31 bits per heavy atom. The number of hydrogen-bond donors (Lipinski definition) is 0. The number of ether oxygens (including phenoxy) is 3. The third kappa shape index (κ3) is 6.39. The predicted molar refractivity (Wildman–Crippen MR) is 277 cm³/mol. The van der Waals surface area contributed by atoms with E-state index < -0.39 is 52.5 Å². The highest BCUT2D eigenvalue weighted by Gasteiger charge is 2.88. The van der Waals surface area contributed by atoms with Crippen LogP contribution in [0.25, 0.3) is 0 Å². The van der Waals surface area contributed by atoms with Crippen molar-refractivity contribution in [2.45, 2.75) is 120 Å². The summed E-state index contributed by atoms with van der Waals surface area (Å²) in [5.41, 5.74) is 1.43. The summed E-state index contributed by atoms with van der Waals surface area (Å²) in [6, 6.07) is 23.2. The minimum atomic E-state index is -4.45. The van der Waals surface area contributed by atoms with Gasteiger partial charge in [-0.2, -0.15) is 5.10 Å². The van der Waals surface area contributed by atoms with Crippen LogP contribution in [0.5, 0.6) is 0 Å². The van der Waals surface area contributed by atoms with E-state index in [2.05, 4.69) is 24.2 Å². The lowest BCUT2D eigenvalue weighted by molar-refractivity contribution is -0.165. The first kappa shape index (κ1) is 48.7. The lowest BCUT2D eigenvalue weighted by Gasteiger charge is -2.59. The molecule has 0 saturated carbocycles. The van der Waals surface area contributed by atoms with Gasteiger partial charge in [-0.25, -0.2) is 12.7 Å². The highest BCUT2D eigenvalue weighted by molar-refractivity contribution is 8.78. The van der Waals surface area contributed by atoms with Gasteiger partial charge in [-0.1, -0.05) is 111 Å². The number of para-hydroxylation sites is 1. The first-order valence-electron chi connectivity index (χ1n) is 24.7. The van der Waals surface area contributed by atoms with Crippen LogP contribution in [0.2, 0.25) is 0 Å². The fourth-order valence-corrected chi connectivity index (χ4v) is 22.0. The van der Waals surface area contributed by atoms with Crippen molar-refractivity contribution in [3.05, 3.63) is 114 Å². The van der Waals surface area contributed by atoms with Gasteiger partial charge in [0, 0.05) is 62.8 Å². The summed E-state index contributed by atoms with van der Waals surface area (Å²) in [6.45, 7) is 9.69. The summed E-state index contributed by atoms with van der Waals surface area (Å²) in [7, 11) is 2.78. The topological polar surface area (TPSA) is 164 Å². The van der Waals surface area contributed by atoms with Crippen molar-refractivity contribution >= 4 is 82.5 Å². The van der Waals surface area contributed by atoms with E-state index in [1.54, 1.807) is 78.2 Å². The molecule has 0 N–H and O–H groups in total. The molecular weight excluding hydrogens is 1010 g/mol. The molecular formula is C51H57N7O9S5. The first-order chi connectivity index (χ1) is 34.7. The molecule has 21 heteroatoms. The van der Waals surface area contributed by atoms with Gasteiger partial charge < -0.3 is 28.9 Å². The predicted octanol–water partition coefficient (Wildman–Crippen LogP) is 6.35. The zero-order valence-corrected chi connectivity index (χ0v) is 44.6. The Hall–Kier alpha value is -4.22. The monoisotopic (exact) mass is 1070 g/mol. The molecule has 16 nitrogen and oxygen atoms in total. The normalized spacial score (nSPS) is 32.7. The summed E-state index contributed by atoms with van der Waals surface area (Å²) >= 11 is 0. The van der Waals surface area contributed by atoms with Gasteiger partial charge in [-0.3, -0.25) is 28.8 Å². The maximum atomic E-state index is 16.1. The molecule has 72 heavy (non-hydrogen) atoms. The van der Waals surface area contributed by atoms with E-state index in [-0.39, 0.29) is 41.4 Å². The number of unbranched alkanes of at least 4 members (excludes halogenated alkanes) is 1. The number of fused-ring (bicyclic) bond motifs is 11. The van der Waals surface area contributed by atoms with E-state index in [1.807, 2.05) is 46.1 Å². The summed E-state index contributed by atoms with van der Waals surface area (Å²) in [4.78, 5) is 63.9. The van der Waals surface area contributed by atoms with Crippen LogP contribution in [-0.2, 0) is 73.8 Å². The second kappa shape index (κ2) is 17.4. The Balaban J connectivity index is 0.910. The lowest BCUT2D eigenvalue weighted by atomic mass is 9.53. The van der Waals surface area contributed by atoms with Crippen LogP contribution in [0.15, 0.2) is 96.2 Å². The summed E-state index contributed by atoms with van der Waals surface area (Å²) < 4.78 is 51.7. The maximum absolute atomic E-state index is 16.1. The van der Waals surface area contributed by atoms with E-state index in [0.717, 1.165) is 29.7 Å². The summed E-state index contributed by atoms with van der Waals surface area (Å²) in [5.74, 6) is -0.936. The average Bonchev–Trinajstić information content (AvgIpc) is 4.18. The SMILES string of the molecule is CCCOCCOCCOCc1cnn(CCCCN2C(=O)[C@@]34C[C@]5([C@]67C[C@@]89SS[C@@](C)(C(=O)N8[C@H]6Cc6ccccc67)N(C)C9=O)c6ccccc6N(S(=O)(=O)c6ccccc6)[C@@H]5N3C(=O)[C@]2(C)SS4)c1. The van der Waals surface area contributed by atoms with Gasteiger partial charge in [0.1, 0.15) is 6.17 Å². The maximum Gasteiger partial charge on any atom is 0.266 e. The van der Waals surface area contributed by atoms with Crippen molar-refractivity contribution in [2.24, 2.45) is 0 Å². The highest BCUT2D eigenvalue weighted by Crippen LogP contribution is 2.79. The van der Waals surface area contributed by atoms with Crippen molar-refractivity contribution in [2.75, 3.05) is 50.9 Å². The van der Waals surface area contributed by atoms with Crippen LogP contribution in [0.1, 0.15) is 75.1 Å². The number of rotatable bonds is 18. The molecule has 380 valence electrons. The number of aromatic nitrogens is 2. The number of amides is 4. The van der Waals surface area contributed by atoms with E-state index >= 15 is 27.6 Å². The van der Waals surface area contributed by atoms with E-state index in [9.17, 15) is 0 Å². The number of hydrogen-bond acceptors (Lipinski definition) is 14. The second-order valence-electron chi connectivity index (χ2n) is 20.3. The Kier molecular flexibility index (Phi) is 11.8. The van der Waals surface area contributed by atoms with Gasteiger partial charge in [0.15, 0.2) is 19.5 Å². The van der Waals surface area contributed by atoms with Crippen LogP contribution in [-0.4, -0.2) is 140 Å². The van der Waals surface area contributed by atoms with Gasteiger partial charge in [0.05, 0.1) is 55.2 Å². The largest absolute Gasteiger partial charge is 0.379 e.